The van der Waals surface area contributed by atoms with E-state index in [0.29, 0.717) is 10.6 Å². The molecule has 2 aromatic rings. The van der Waals surface area contributed by atoms with Crippen molar-refractivity contribution in [1.82, 2.24) is 0 Å². The first-order valence-corrected chi connectivity index (χ1v) is 7.43. The van der Waals surface area contributed by atoms with Crippen molar-refractivity contribution in [3.63, 3.8) is 0 Å². The Kier molecular flexibility index (Phi) is 4.02. The number of halogens is 2. The monoisotopic (exact) mass is 359 g/mol. The van der Waals surface area contributed by atoms with Crippen molar-refractivity contribution >= 4 is 17.6 Å². The Morgan fingerprint density at radius 1 is 1.06 bits per heavy atom. The maximum atomic E-state index is 11.1. The number of hydrogen-bond acceptors (Lipinski definition) is 1. The van der Waals surface area contributed by atoms with Gasteiger partial charge in [0.1, 0.15) is 0 Å². The van der Waals surface area contributed by atoms with Crippen molar-refractivity contribution in [3.05, 3.63) is 66.3 Å². The summed E-state index contributed by atoms with van der Waals surface area (Å²) in [6.07, 6.45) is 0. The Balaban J connectivity index is 2.30. The van der Waals surface area contributed by atoms with Crippen molar-refractivity contribution < 1.29 is 31.1 Å². The molecular weight excluding hydrogens is 350 g/mol. The molecule has 0 spiro atoms. The van der Waals surface area contributed by atoms with Gasteiger partial charge in [0.15, 0.2) is 0 Å². The van der Waals surface area contributed by atoms with E-state index in [1.165, 1.54) is 0 Å². The van der Waals surface area contributed by atoms with E-state index in [-0.39, 0.29) is 0 Å². The number of rotatable bonds is 3. The summed E-state index contributed by atoms with van der Waals surface area (Å²) in [6.45, 7) is 0. The van der Waals surface area contributed by atoms with E-state index in [9.17, 15) is 4.79 Å². The number of aromatic carboxylic acids is 1. The third-order valence-corrected chi connectivity index (χ3v) is 5.23. The van der Waals surface area contributed by atoms with E-state index in [1.807, 2.05) is 36.4 Å². The number of benzene rings is 2. The number of carbonyl (C=O) groups is 1. The van der Waals surface area contributed by atoms with Crippen LogP contribution in [0.3, 0.4) is 0 Å². The fourth-order valence-electron chi connectivity index (χ4n) is 1.33. The van der Waals surface area contributed by atoms with Crippen LogP contribution in [0.25, 0.3) is 0 Å². The third kappa shape index (κ3) is 3.20. The van der Waals surface area contributed by atoms with E-state index in [0.717, 1.165) is 7.14 Å². The number of carboxylic acids is 1. The molecule has 17 heavy (non-hydrogen) atoms. The molecule has 2 rings (SSSR count). The third-order valence-electron chi connectivity index (χ3n) is 2.12. The maximum absolute atomic E-state index is 11.1. The van der Waals surface area contributed by atoms with Crippen LogP contribution in [0.1, 0.15) is 10.4 Å². The fraction of sp³-hybridized carbons (Fsp3) is 0. The first-order chi connectivity index (χ1) is 8.16. The van der Waals surface area contributed by atoms with Crippen LogP contribution in [0, 0.1) is 7.14 Å². The van der Waals surface area contributed by atoms with Gasteiger partial charge < -0.3 is 0 Å². The van der Waals surface area contributed by atoms with Gasteiger partial charge >= 0.3 is 115 Å². The second-order valence-electron chi connectivity index (χ2n) is 3.32. The van der Waals surface area contributed by atoms with Gasteiger partial charge in [-0.3, -0.25) is 0 Å². The average Bonchev–Trinajstić information content (AvgIpc) is 2.32. The zero-order valence-corrected chi connectivity index (χ0v) is 11.6. The number of hydrogen-bond donors (Lipinski definition) is 1. The van der Waals surface area contributed by atoms with Crippen LogP contribution < -0.4 is 21.2 Å². The summed E-state index contributed by atoms with van der Waals surface area (Å²) in [6, 6.07) is 14.7. The van der Waals surface area contributed by atoms with Crippen molar-refractivity contribution in [2.75, 3.05) is 0 Å². The van der Waals surface area contributed by atoms with Crippen molar-refractivity contribution in [1.29, 1.82) is 0 Å². The van der Waals surface area contributed by atoms with Crippen LogP contribution in [-0.4, -0.2) is 11.1 Å². The van der Waals surface area contributed by atoms with Crippen LogP contribution >= 0.6 is 11.6 Å². The summed E-state index contributed by atoms with van der Waals surface area (Å²) in [5, 5.41) is 9.78. The van der Waals surface area contributed by atoms with Gasteiger partial charge in [-0.2, -0.15) is 0 Å². The normalized spacial score (nSPS) is 10.4. The summed E-state index contributed by atoms with van der Waals surface area (Å²) in [5.74, 6) is -0.866. The summed E-state index contributed by atoms with van der Waals surface area (Å²) < 4.78 is 2.07. The van der Waals surface area contributed by atoms with Gasteiger partial charge in [-0.15, -0.1) is 0 Å². The van der Waals surface area contributed by atoms with E-state index < -0.39 is 27.2 Å². The zero-order valence-electron chi connectivity index (χ0n) is 8.73. The molecule has 2 nitrogen and oxygen atoms in total. The molecule has 0 fully saturated rings. The van der Waals surface area contributed by atoms with E-state index in [1.54, 1.807) is 12.1 Å². The molecular formula is C13H9ClIO2-. The van der Waals surface area contributed by atoms with Crippen LogP contribution in [0.15, 0.2) is 48.5 Å². The minimum atomic E-state index is -0.866. The molecule has 0 radical (unpaired) electrons. The molecule has 0 aliphatic heterocycles. The average molecular weight is 360 g/mol. The predicted octanol–water partition coefficient (Wildman–Crippen LogP) is 0.167. The molecule has 0 heterocycles. The van der Waals surface area contributed by atoms with E-state index in [2.05, 4.69) is 0 Å². The Bertz CT molecular complexity index is 537. The molecule has 88 valence electrons. The first kappa shape index (κ1) is 12.4. The van der Waals surface area contributed by atoms with Crippen LogP contribution in [0.5, 0.6) is 0 Å². The standard InChI is InChI=1S/C13H9ClIO2/c14-9-5-7-10(8-6-9)15-12-4-2-1-3-11(12)13(16)17/h1-8H,(H,16,17)/q-1. The molecule has 0 atom stereocenters. The van der Waals surface area contributed by atoms with Gasteiger partial charge in [0, 0.05) is 0 Å². The van der Waals surface area contributed by atoms with Crippen molar-refractivity contribution in [3.8, 4) is 0 Å². The van der Waals surface area contributed by atoms with Crippen LogP contribution in [-0.2, 0) is 0 Å². The summed E-state index contributed by atoms with van der Waals surface area (Å²) in [4.78, 5) is 11.1. The van der Waals surface area contributed by atoms with Gasteiger partial charge in [0.25, 0.3) is 0 Å². The second-order valence-corrected chi connectivity index (χ2v) is 6.70. The van der Waals surface area contributed by atoms with E-state index >= 15 is 0 Å². The minimum absolute atomic E-state index is 0.398. The molecule has 2 aromatic carbocycles. The SMILES string of the molecule is O=C(O)c1ccccc1[I-]c1ccc(Cl)cc1. The van der Waals surface area contributed by atoms with Crippen molar-refractivity contribution in [2.45, 2.75) is 0 Å². The molecule has 4 heteroatoms. The quantitative estimate of drug-likeness (QED) is 0.793. The van der Waals surface area contributed by atoms with Crippen LogP contribution in [0.4, 0.5) is 0 Å². The summed E-state index contributed by atoms with van der Waals surface area (Å²) >= 11 is 5.34. The molecule has 0 unspecified atom stereocenters. The predicted molar refractivity (Wildman–Crippen MR) is 62.2 cm³/mol. The fourth-order valence-corrected chi connectivity index (χ4v) is 3.93. The zero-order chi connectivity index (χ0) is 12.3. The molecule has 0 saturated carbocycles. The van der Waals surface area contributed by atoms with Gasteiger partial charge in [-0.05, 0) is 0 Å². The molecule has 0 saturated heterocycles. The Labute approximate surface area is 114 Å². The first-order valence-electron chi connectivity index (χ1n) is 4.89. The summed E-state index contributed by atoms with van der Waals surface area (Å²) in [7, 11) is 0. The molecule has 1 N–H and O–H groups in total. The van der Waals surface area contributed by atoms with Gasteiger partial charge in [-0.1, -0.05) is 0 Å². The van der Waals surface area contributed by atoms with Gasteiger partial charge in [0.2, 0.25) is 0 Å². The Morgan fingerprint density at radius 3 is 2.35 bits per heavy atom. The molecule has 0 amide bonds. The topological polar surface area (TPSA) is 37.3 Å². The second kappa shape index (κ2) is 5.51. The van der Waals surface area contributed by atoms with Gasteiger partial charge in [-0.25, -0.2) is 0 Å². The molecule has 0 aromatic heterocycles. The molecule has 0 aliphatic carbocycles. The number of carboxylic acid groups (broad SMARTS) is 1. The summed E-state index contributed by atoms with van der Waals surface area (Å²) in [5.41, 5.74) is 0.398. The van der Waals surface area contributed by atoms with Crippen LogP contribution in [0.2, 0.25) is 5.02 Å². The van der Waals surface area contributed by atoms with Crippen molar-refractivity contribution in [2.24, 2.45) is 0 Å². The molecule has 0 aliphatic rings. The Hall–Kier alpha value is -1.07. The van der Waals surface area contributed by atoms with Gasteiger partial charge in [0.05, 0.1) is 0 Å². The Morgan fingerprint density at radius 2 is 1.71 bits per heavy atom. The van der Waals surface area contributed by atoms with E-state index in [4.69, 9.17) is 16.7 Å². The molecule has 0 bridgehead atoms.